The van der Waals surface area contributed by atoms with Crippen LogP contribution in [0.25, 0.3) is 0 Å². The first-order valence-electron chi connectivity index (χ1n) is 8.28. The van der Waals surface area contributed by atoms with E-state index in [9.17, 15) is 4.79 Å². The molecule has 1 aliphatic heterocycles. The molecule has 1 saturated heterocycles. The Labute approximate surface area is 148 Å². The first kappa shape index (κ1) is 17.0. The minimum absolute atomic E-state index is 0.0326. The number of benzene rings is 2. The summed E-state index contributed by atoms with van der Waals surface area (Å²) in [6.45, 7) is 4.04. The van der Waals surface area contributed by atoms with Crippen LogP contribution >= 0.6 is 11.6 Å². The molecule has 0 saturated carbocycles. The Balaban J connectivity index is 1.76. The highest BCUT2D eigenvalue weighted by molar-refractivity contribution is 6.30. The second kappa shape index (κ2) is 7.37. The molecule has 0 spiro atoms. The van der Waals surface area contributed by atoms with Crippen molar-refractivity contribution in [1.29, 1.82) is 0 Å². The maximum atomic E-state index is 12.5. The van der Waals surface area contributed by atoms with Crippen molar-refractivity contribution in [3.63, 3.8) is 0 Å². The lowest BCUT2D eigenvalue weighted by Crippen LogP contribution is -2.44. The first-order valence-corrected chi connectivity index (χ1v) is 8.66. The molecule has 0 radical (unpaired) electrons. The molecule has 0 unspecified atom stereocenters. The molecule has 1 heterocycles. The maximum Gasteiger partial charge on any atom is 0.251 e. The van der Waals surface area contributed by atoms with E-state index >= 15 is 0 Å². The fourth-order valence-electron chi connectivity index (χ4n) is 3.19. The number of carbonyl (C=O) groups excluding carboxylic acids is 1. The molecule has 1 aliphatic rings. The maximum absolute atomic E-state index is 12.5. The molecule has 0 aromatic heterocycles. The minimum atomic E-state index is -0.0941. The SMILES string of the molecule is Cc1ccc(C(=O)NCC2(c3ccc(Cl)cc3)CCOCC2)cc1. The van der Waals surface area contributed by atoms with Crippen molar-refractivity contribution < 1.29 is 9.53 Å². The van der Waals surface area contributed by atoms with Gasteiger partial charge in [-0.1, -0.05) is 41.4 Å². The number of carbonyl (C=O) groups is 1. The van der Waals surface area contributed by atoms with E-state index in [1.165, 1.54) is 5.56 Å². The highest BCUT2D eigenvalue weighted by Gasteiger charge is 2.34. The summed E-state index contributed by atoms with van der Waals surface area (Å²) < 4.78 is 5.54. The van der Waals surface area contributed by atoms with E-state index in [0.29, 0.717) is 25.3 Å². The van der Waals surface area contributed by atoms with Gasteiger partial charge < -0.3 is 10.1 Å². The molecule has 126 valence electrons. The highest BCUT2D eigenvalue weighted by atomic mass is 35.5. The van der Waals surface area contributed by atoms with Crippen LogP contribution in [0.1, 0.15) is 34.3 Å². The fraction of sp³-hybridized carbons (Fsp3) is 0.350. The van der Waals surface area contributed by atoms with Gasteiger partial charge in [0.15, 0.2) is 0 Å². The van der Waals surface area contributed by atoms with Crippen molar-refractivity contribution >= 4 is 17.5 Å². The average Bonchev–Trinajstić information content (AvgIpc) is 2.62. The molecule has 2 aromatic rings. The zero-order chi connectivity index (χ0) is 17.0. The number of hydrogen-bond acceptors (Lipinski definition) is 2. The third-order valence-corrected chi connectivity index (χ3v) is 5.06. The average molecular weight is 344 g/mol. The van der Waals surface area contributed by atoms with Gasteiger partial charge in [-0.05, 0) is 49.6 Å². The van der Waals surface area contributed by atoms with Gasteiger partial charge in [-0.2, -0.15) is 0 Å². The van der Waals surface area contributed by atoms with E-state index in [2.05, 4.69) is 17.4 Å². The van der Waals surface area contributed by atoms with Crippen LogP contribution in [-0.4, -0.2) is 25.7 Å². The van der Waals surface area contributed by atoms with Crippen LogP contribution in [0.15, 0.2) is 48.5 Å². The zero-order valence-electron chi connectivity index (χ0n) is 13.8. The Morgan fingerprint density at radius 3 is 2.33 bits per heavy atom. The highest BCUT2D eigenvalue weighted by Crippen LogP contribution is 2.35. The van der Waals surface area contributed by atoms with Crippen LogP contribution in [-0.2, 0) is 10.2 Å². The zero-order valence-corrected chi connectivity index (χ0v) is 14.6. The molecule has 4 heteroatoms. The van der Waals surface area contributed by atoms with E-state index in [-0.39, 0.29) is 11.3 Å². The Morgan fingerprint density at radius 2 is 1.71 bits per heavy atom. The van der Waals surface area contributed by atoms with Crippen molar-refractivity contribution in [2.45, 2.75) is 25.2 Å². The molecule has 0 aliphatic carbocycles. The van der Waals surface area contributed by atoms with Gasteiger partial charge in [-0.3, -0.25) is 4.79 Å². The van der Waals surface area contributed by atoms with Gasteiger partial charge in [0.1, 0.15) is 0 Å². The summed E-state index contributed by atoms with van der Waals surface area (Å²) in [6.07, 6.45) is 1.78. The van der Waals surface area contributed by atoms with Gasteiger partial charge in [0, 0.05) is 35.8 Å². The Hall–Kier alpha value is -1.84. The minimum Gasteiger partial charge on any atom is -0.381 e. The predicted octanol–water partition coefficient (Wildman–Crippen LogP) is 4.13. The monoisotopic (exact) mass is 343 g/mol. The van der Waals surface area contributed by atoms with Crippen LogP contribution in [0.4, 0.5) is 0 Å². The predicted molar refractivity (Wildman–Crippen MR) is 96.7 cm³/mol. The summed E-state index contributed by atoms with van der Waals surface area (Å²) in [5.74, 6) is -0.0326. The van der Waals surface area contributed by atoms with Gasteiger partial charge in [-0.25, -0.2) is 0 Å². The van der Waals surface area contributed by atoms with Crippen molar-refractivity contribution in [3.05, 3.63) is 70.2 Å². The van der Waals surface area contributed by atoms with E-state index in [4.69, 9.17) is 16.3 Å². The van der Waals surface area contributed by atoms with Crippen LogP contribution in [0.5, 0.6) is 0 Å². The number of hydrogen-bond donors (Lipinski definition) is 1. The third-order valence-electron chi connectivity index (χ3n) is 4.81. The summed E-state index contributed by atoms with van der Waals surface area (Å²) in [5, 5.41) is 3.84. The van der Waals surface area contributed by atoms with E-state index in [1.807, 2.05) is 43.3 Å². The number of nitrogens with one attached hydrogen (secondary N) is 1. The summed E-state index contributed by atoms with van der Waals surface area (Å²) in [7, 11) is 0. The van der Waals surface area contributed by atoms with Crippen molar-refractivity contribution in [3.8, 4) is 0 Å². The molecule has 0 bridgehead atoms. The van der Waals surface area contributed by atoms with Crippen LogP contribution in [0, 0.1) is 6.92 Å². The number of halogens is 1. The normalized spacial score (nSPS) is 16.6. The van der Waals surface area contributed by atoms with Gasteiger partial charge in [0.2, 0.25) is 0 Å². The number of rotatable bonds is 4. The second-order valence-corrected chi connectivity index (χ2v) is 6.88. The van der Waals surface area contributed by atoms with Crippen molar-refractivity contribution in [1.82, 2.24) is 5.32 Å². The van der Waals surface area contributed by atoms with Gasteiger partial charge in [0.05, 0.1) is 0 Å². The molecule has 24 heavy (non-hydrogen) atoms. The molecule has 1 fully saturated rings. The topological polar surface area (TPSA) is 38.3 Å². The largest absolute Gasteiger partial charge is 0.381 e. The Kier molecular flexibility index (Phi) is 5.22. The standard InChI is InChI=1S/C20H22ClNO2/c1-15-2-4-16(5-3-15)19(23)22-14-20(10-12-24-13-11-20)17-6-8-18(21)9-7-17/h2-9H,10-14H2,1H3,(H,22,23). The number of aryl methyl sites for hydroxylation is 1. The van der Waals surface area contributed by atoms with Gasteiger partial charge in [0.25, 0.3) is 5.91 Å². The summed E-state index contributed by atoms with van der Waals surface area (Å²) in [6, 6.07) is 15.6. The molecule has 2 aromatic carbocycles. The summed E-state index contributed by atoms with van der Waals surface area (Å²) >= 11 is 6.02. The second-order valence-electron chi connectivity index (χ2n) is 6.45. The summed E-state index contributed by atoms with van der Waals surface area (Å²) in [5.41, 5.74) is 2.95. The lowest BCUT2D eigenvalue weighted by atomic mass is 9.74. The van der Waals surface area contributed by atoms with Crippen molar-refractivity contribution in [2.75, 3.05) is 19.8 Å². The Morgan fingerprint density at radius 1 is 1.08 bits per heavy atom. The Bertz CT molecular complexity index is 689. The van der Waals surface area contributed by atoms with E-state index < -0.39 is 0 Å². The lowest BCUT2D eigenvalue weighted by Gasteiger charge is -2.38. The van der Waals surface area contributed by atoms with Crippen LogP contribution < -0.4 is 5.32 Å². The smallest absolute Gasteiger partial charge is 0.251 e. The molecule has 3 nitrogen and oxygen atoms in total. The molecule has 1 amide bonds. The number of amides is 1. The van der Waals surface area contributed by atoms with Gasteiger partial charge >= 0.3 is 0 Å². The van der Waals surface area contributed by atoms with E-state index in [0.717, 1.165) is 23.4 Å². The molecular formula is C20H22ClNO2. The third kappa shape index (κ3) is 3.80. The van der Waals surface area contributed by atoms with Crippen molar-refractivity contribution in [2.24, 2.45) is 0 Å². The molecular weight excluding hydrogens is 322 g/mol. The molecule has 0 atom stereocenters. The van der Waals surface area contributed by atoms with Crippen LogP contribution in [0.2, 0.25) is 5.02 Å². The quantitative estimate of drug-likeness (QED) is 0.906. The summed E-state index contributed by atoms with van der Waals surface area (Å²) in [4.78, 5) is 12.5. The van der Waals surface area contributed by atoms with Crippen LogP contribution in [0.3, 0.4) is 0 Å². The fourth-order valence-corrected chi connectivity index (χ4v) is 3.32. The molecule has 1 N–H and O–H groups in total. The van der Waals surface area contributed by atoms with Gasteiger partial charge in [-0.15, -0.1) is 0 Å². The molecule has 3 rings (SSSR count). The first-order chi connectivity index (χ1) is 11.6. The van der Waals surface area contributed by atoms with E-state index in [1.54, 1.807) is 0 Å². The number of ether oxygens (including phenoxy) is 1. The lowest BCUT2D eigenvalue weighted by molar-refractivity contribution is 0.0487.